The molecular formula is C13H18N2OS. The van der Waals surface area contributed by atoms with Gasteiger partial charge < -0.3 is 9.80 Å². The van der Waals surface area contributed by atoms with Gasteiger partial charge in [0, 0.05) is 25.3 Å². The van der Waals surface area contributed by atoms with E-state index in [9.17, 15) is 4.79 Å². The van der Waals surface area contributed by atoms with Crippen LogP contribution >= 0.6 is 11.8 Å². The summed E-state index contributed by atoms with van der Waals surface area (Å²) in [6, 6.07) is 8.20. The second kappa shape index (κ2) is 5.56. The molecule has 1 aromatic rings. The van der Waals surface area contributed by atoms with E-state index >= 15 is 0 Å². The van der Waals surface area contributed by atoms with E-state index in [0.29, 0.717) is 5.75 Å². The van der Waals surface area contributed by atoms with Crippen molar-refractivity contribution in [1.82, 2.24) is 4.90 Å². The molecule has 1 aliphatic heterocycles. The third-order valence-corrected chi connectivity index (χ3v) is 3.53. The van der Waals surface area contributed by atoms with Crippen molar-refractivity contribution >= 4 is 23.4 Å². The second-order valence-corrected chi connectivity index (χ2v) is 5.21. The van der Waals surface area contributed by atoms with Crippen LogP contribution in [0.25, 0.3) is 0 Å². The van der Waals surface area contributed by atoms with Crippen molar-refractivity contribution in [3.63, 3.8) is 0 Å². The van der Waals surface area contributed by atoms with Gasteiger partial charge in [-0.05, 0) is 24.9 Å². The minimum absolute atomic E-state index is 0.209. The van der Waals surface area contributed by atoms with E-state index in [4.69, 9.17) is 0 Å². The van der Waals surface area contributed by atoms with Crippen LogP contribution in [0.15, 0.2) is 24.3 Å². The molecule has 0 saturated carbocycles. The Kier molecular flexibility index (Phi) is 4.07. The van der Waals surface area contributed by atoms with Crippen LogP contribution in [0.2, 0.25) is 0 Å². The van der Waals surface area contributed by atoms with Gasteiger partial charge in [0.05, 0.1) is 5.75 Å². The molecule has 1 aromatic carbocycles. The van der Waals surface area contributed by atoms with Crippen LogP contribution in [0.3, 0.4) is 0 Å². The molecule has 1 amide bonds. The van der Waals surface area contributed by atoms with E-state index in [1.165, 1.54) is 5.56 Å². The van der Waals surface area contributed by atoms with Gasteiger partial charge in [-0.15, -0.1) is 0 Å². The Labute approximate surface area is 107 Å². The zero-order valence-corrected chi connectivity index (χ0v) is 11.2. The number of hydrogen-bond donors (Lipinski definition) is 0. The van der Waals surface area contributed by atoms with E-state index in [2.05, 4.69) is 18.0 Å². The predicted molar refractivity (Wildman–Crippen MR) is 73.5 cm³/mol. The number of carbonyl (C=O) groups is 1. The fourth-order valence-corrected chi connectivity index (χ4v) is 2.53. The van der Waals surface area contributed by atoms with Gasteiger partial charge >= 0.3 is 0 Å². The summed E-state index contributed by atoms with van der Waals surface area (Å²) >= 11 is 1.58. The van der Waals surface area contributed by atoms with Crippen molar-refractivity contribution in [2.75, 3.05) is 37.0 Å². The predicted octanol–water partition coefficient (Wildman–Crippen LogP) is 1.83. The maximum Gasteiger partial charge on any atom is 0.237 e. The summed E-state index contributed by atoms with van der Waals surface area (Å²) in [5, 5.41) is 0. The Morgan fingerprint density at radius 2 is 2.12 bits per heavy atom. The van der Waals surface area contributed by atoms with Gasteiger partial charge in [0.2, 0.25) is 5.91 Å². The molecule has 4 heteroatoms. The van der Waals surface area contributed by atoms with Gasteiger partial charge in [0.1, 0.15) is 0 Å². The summed E-state index contributed by atoms with van der Waals surface area (Å²) in [5.41, 5.74) is 2.32. The normalized spacial score (nSPS) is 16.5. The van der Waals surface area contributed by atoms with Crippen LogP contribution in [0.5, 0.6) is 0 Å². The molecule has 0 saturated heterocycles. The van der Waals surface area contributed by atoms with Crippen LogP contribution in [-0.4, -0.2) is 43.0 Å². The molecule has 1 heterocycles. The molecule has 0 aromatic heterocycles. The summed E-state index contributed by atoms with van der Waals surface area (Å²) < 4.78 is 0. The number of amides is 1. The Hall–Kier alpha value is -1.00. The van der Waals surface area contributed by atoms with Gasteiger partial charge in [0.25, 0.3) is 0 Å². The van der Waals surface area contributed by atoms with Gasteiger partial charge in [-0.1, -0.05) is 18.2 Å². The molecule has 0 N–H and O–H groups in total. The molecule has 0 unspecified atom stereocenters. The maximum absolute atomic E-state index is 12.1. The number of thioether (sulfide) groups is 1. The Morgan fingerprint density at radius 3 is 2.88 bits per heavy atom. The molecule has 0 spiro atoms. The van der Waals surface area contributed by atoms with E-state index in [0.717, 1.165) is 25.3 Å². The number of nitrogens with zero attached hydrogens (tertiary/aromatic N) is 2. The zero-order chi connectivity index (χ0) is 12.3. The summed E-state index contributed by atoms with van der Waals surface area (Å²) in [6.45, 7) is 2.63. The first-order valence-corrected chi connectivity index (χ1v) is 7.17. The van der Waals surface area contributed by atoms with Crippen LogP contribution in [0, 0.1) is 0 Å². The highest BCUT2D eigenvalue weighted by atomic mass is 32.2. The van der Waals surface area contributed by atoms with E-state index in [1.54, 1.807) is 11.8 Å². The molecule has 0 radical (unpaired) electrons. The van der Waals surface area contributed by atoms with E-state index in [-0.39, 0.29) is 5.91 Å². The largest absolute Gasteiger partial charge is 0.310 e. The highest BCUT2D eigenvalue weighted by Gasteiger charge is 2.21. The standard InChI is InChI=1S/C13H18N2OS/c1-14-7-8-15(13(16)10-17-2)12-6-4-3-5-11(12)9-14/h3-6H,7-10H2,1-2H3. The number of para-hydroxylation sites is 1. The third-order valence-electron chi connectivity index (χ3n) is 3.00. The van der Waals surface area contributed by atoms with Crippen molar-refractivity contribution in [2.24, 2.45) is 0 Å². The maximum atomic E-state index is 12.1. The fraction of sp³-hybridized carbons (Fsp3) is 0.462. The monoisotopic (exact) mass is 250 g/mol. The Bertz CT molecular complexity index is 408. The Morgan fingerprint density at radius 1 is 1.35 bits per heavy atom. The molecule has 92 valence electrons. The van der Waals surface area contributed by atoms with Crippen molar-refractivity contribution in [2.45, 2.75) is 6.54 Å². The highest BCUT2D eigenvalue weighted by Crippen LogP contribution is 2.24. The van der Waals surface area contributed by atoms with Gasteiger partial charge in [-0.2, -0.15) is 11.8 Å². The van der Waals surface area contributed by atoms with Crippen LogP contribution in [0.1, 0.15) is 5.56 Å². The van der Waals surface area contributed by atoms with Crippen LogP contribution in [0.4, 0.5) is 5.69 Å². The average molecular weight is 250 g/mol. The SMILES string of the molecule is CSCC(=O)N1CCN(C)Cc2ccccc21. The summed E-state index contributed by atoms with van der Waals surface area (Å²) in [4.78, 5) is 16.3. The number of anilines is 1. The minimum Gasteiger partial charge on any atom is -0.310 e. The van der Waals surface area contributed by atoms with Crippen molar-refractivity contribution in [3.05, 3.63) is 29.8 Å². The summed E-state index contributed by atoms with van der Waals surface area (Å²) in [5.74, 6) is 0.762. The third kappa shape index (κ3) is 2.82. The van der Waals surface area contributed by atoms with Crippen LogP contribution < -0.4 is 4.90 Å². The van der Waals surface area contributed by atoms with Crippen molar-refractivity contribution in [3.8, 4) is 0 Å². The minimum atomic E-state index is 0.209. The van der Waals surface area contributed by atoms with E-state index in [1.807, 2.05) is 29.4 Å². The lowest BCUT2D eigenvalue weighted by molar-refractivity contribution is -0.116. The lowest BCUT2D eigenvalue weighted by Gasteiger charge is -2.22. The number of benzene rings is 1. The zero-order valence-electron chi connectivity index (χ0n) is 10.3. The molecule has 17 heavy (non-hydrogen) atoms. The quantitative estimate of drug-likeness (QED) is 0.800. The number of likely N-dealkylation sites (N-methyl/N-ethyl adjacent to an activating group) is 1. The molecule has 2 rings (SSSR count). The molecular weight excluding hydrogens is 232 g/mol. The molecule has 0 bridgehead atoms. The molecule has 1 aliphatic rings. The lowest BCUT2D eigenvalue weighted by Crippen LogP contribution is -2.36. The van der Waals surface area contributed by atoms with Crippen LogP contribution in [-0.2, 0) is 11.3 Å². The van der Waals surface area contributed by atoms with Gasteiger partial charge in [-0.3, -0.25) is 4.79 Å². The lowest BCUT2D eigenvalue weighted by atomic mass is 10.1. The summed E-state index contributed by atoms with van der Waals surface area (Å²) in [7, 11) is 2.10. The highest BCUT2D eigenvalue weighted by molar-refractivity contribution is 7.99. The van der Waals surface area contributed by atoms with Gasteiger partial charge in [0.15, 0.2) is 0 Å². The fourth-order valence-electron chi connectivity index (χ4n) is 2.13. The van der Waals surface area contributed by atoms with Crippen molar-refractivity contribution < 1.29 is 4.79 Å². The van der Waals surface area contributed by atoms with Gasteiger partial charge in [-0.25, -0.2) is 0 Å². The number of fused-ring (bicyclic) bond motifs is 1. The Balaban J connectivity index is 2.31. The molecule has 3 nitrogen and oxygen atoms in total. The topological polar surface area (TPSA) is 23.6 Å². The first-order valence-electron chi connectivity index (χ1n) is 5.78. The van der Waals surface area contributed by atoms with E-state index < -0.39 is 0 Å². The number of hydrogen-bond acceptors (Lipinski definition) is 3. The van der Waals surface area contributed by atoms with Crippen molar-refractivity contribution in [1.29, 1.82) is 0 Å². The number of carbonyl (C=O) groups excluding carboxylic acids is 1. The molecule has 0 aliphatic carbocycles. The smallest absolute Gasteiger partial charge is 0.237 e. The molecule has 0 fully saturated rings. The first-order chi connectivity index (χ1) is 8.22. The molecule has 0 atom stereocenters. The summed E-state index contributed by atoms with van der Waals surface area (Å²) in [6.07, 6.45) is 1.97. The first kappa shape index (κ1) is 12.5. The number of rotatable bonds is 2. The second-order valence-electron chi connectivity index (χ2n) is 4.34. The average Bonchev–Trinajstić information content (AvgIpc) is 2.47.